The Morgan fingerprint density at radius 1 is 1.46 bits per heavy atom. The predicted octanol–water partition coefficient (Wildman–Crippen LogP) is 3.77. The highest BCUT2D eigenvalue weighted by atomic mass is 32.1. The summed E-state index contributed by atoms with van der Waals surface area (Å²) >= 11 is 1.58. The van der Waals surface area contributed by atoms with Crippen LogP contribution in [-0.4, -0.2) is 40.9 Å². The number of nitrogens with zero attached hydrogens (tertiary/aromatic N) is 2. The fraction of sp³-hybridized carbons (Fsp3) is 0.333. The van der Waals surface area contributed by atoms with E-state index in [-0.39, 0.29) is 12.1 Å². The number of H-pyrrole nitrogens is 1. The van der Waals surface area contributed by atoms with Crippen LogP contribution in [0.3, 0.4) is 0 Å². The summed E-state index contributed by atoms with van der Waals surface area (Å²) in [5.74, 6) is -0.682. The molecule has 1 amide bonds. The van der Waals surface area contributed by atoms with Crippen LogP contribution in [0.1, 0.15) is 23.8 Å². The summed E-state index contributed by atoms with van der Waals surface area (Å²) in [6.07, 6.45) is -0.170. The van der Waals surface area contributed by atoms with Gasteiger partial charge in [0.05, 0.1) is 28.6 Å². The molecule has 2 unspecified atom stereocenters. The van der Waals surface area contributed by atoms with E-state index >= 15 is 0 Å². The van der Waals surface area contributed by atoms with Gasteiger partial charge < -0.3 is 19.6 Å². The number of imidazole rings is 1. The molecule has 1 fully saturated rings. The van der Waals surface area contributed by atoms with Crippen LogP contribution in [0.2, 0.25) is 0 Å². The Morgan fingerprint density at radius 3 is 3.00 bits per heavy atom. The third-order valence-corrected chi connectivity index (χ3v) is 5.45. The van der Waals surface area contributed by atoms with Crippen molar-refractivity contribution >= 4 is 34.4 Å². The highest BCUT2D eigenvalue weighted by molar-refractivity contribution is 7.10. The number of amides is 1. The number of benzene rings is 1. The molecule has 8 heteroatoms. The fourth-order valence-corrected chi connectivity index (χ4v) is 3.92. The van der Waals surface area contributed by atoms with Crippen LogP contribution >= 0.6 is 11.3 Å². The maximum absolute atomic E-state index is 11.2. The second kappa shape index (κ2) is 6.39. The molecule has 0 saturated carbocycles. The largest absolute Gasteiger partial charge is 0.465 e. The minimum Gasteiger partial charge on any atom is -0.465 e. The van der Waals surface area contributed by atoms with E-state index < -0.39 is 11.9 Å². The first-order valence-electron chi connectivity index (χ1n) is 8.32. The van der Waals surface area contributed by atoms with Crippen molar-refractivity contribution in [1.29, 1.82) is 0 Å². The summed E-state index contributed by atoms with van der Waals surface area (Å²) in [5, 5.41) is 11.1. The van der Waals surface area contributed by atoms with Crippen molar-refractivity contribution < 1.29 is 19.4 Å². The fourth-order valence-electron chi connectivity index (χ4n) is 3.08. The molecule has 0 radical (unpaired) electrons. The van der Waals surface area contributed by atoms with Crippen LogP contribution in [0.25, 0.3) is 11.0 Å². The molecule has 0 aliphatic carbocycles. The van der Waals surface area contributed by atoms with Crippen LogP contribution in [0.4, 0.5) is 10.7 Å². The number of thiophene rings is 1. The van der Waals surface area contributed by atoms with Crippen LogP contribution in [0, 0.1) is 0 Å². The van der Waals surface area contributed by atoms with Gasteiger partial charge in [0.25, 0.3) is 0 Å². The van der Waals surface area contributed by atoms with Crippen LogP contribution < -0.4 is 4.90 Å². The molecular weight excluding hydrogens is 354 g/mol. The lowest BCUT2D eigenvalue weighted by atomic mass is 10.0. The monoisotopic (exact) mass is 373 g/mol. The molecule has 0 bridgehead atoms. The molecule has 1 aliphatic heterocycles. The van der Waals surface area contributed by atoms with E-state index in [1.807, 2.05) is 42.6 Å². The second-order valence-electron chi connectivity index (χ2n) is 6.29. The average molecular weight is 373 g/mol. The smallest absolute Gasteiger partial charge is 0.413 e. The number of carboxylic acid groups (broad SMARTS) is 1. The quantitative estimate of drug-likeness (QED) is 0.730. The Bertz CT molecular complexity index is 939. The molecule has 3 heterocycles. The molecule has 1 aliphatic rings. The van der Waals surface area contributed by atoms with Gasteiger partial charge in [-0.05, 0) is 36.9 Å². The number of anilines is 1. The third kappa shape index (κ3) is 2.76. The first-order valence-corrected chi connectivity index (χ1v) is 9.20. The number of rotatable bonds is 3. The van der Waals surface area contributed by atoms with Gasteiger partial charge in [-0.25, -0.2) is 9.78 Å². The zero-order chi connectivity index (χ0) is 18.3. The first kappa shape index (κ1) is 17.0. The molecule has 7 nitrogen and oxygen atoms in total. The summed E-state index contributed by atoms with van der Waals surface area (Å²) in [6, 6.07) is 9.67. The van der Waals surface area contributed by atoms with Crippen molar-refractivity contribution in [2.45, 2.75) is 25.2 Å². The molecule has 2 N–H and O–H groups in total. The minimum absolute atomic E-state index is 0.0667. The molecular formula is C18H19N3O4S. The Kier molecular flexibility index (Phi) is 4.18. The summed E-state index contributed by atoms with van der Waals surface area (Å²) in [6.45, 7) is 2.65. The van der Waals surface area contributed by atoms with Gasteiger partial charge in [0.1, 0.15) is 0 Å². The van der Waals surface area contributed by atoms with E-state index in [1.54, 1.807) is 11.3 Å². The minimum atomic E-state index is -1.08. The normalized spacial score (nSPS) is 23.2. The van der Waals surface area contributed by atoms with E-state index in [2.05, 4.69) is 9.97 Å². The van der Waals surface area contributed by atoms with E-state index in [1.165, 1.54) is 7.05 Å². The highest BCUT2D eigenvalue weighted by Crippen LogP contribution is 2.42. The lowest BCUT2D eigenvalue weighted by Crippen LogP contribution is -2.41. The number of nitrogens with one attached hydrogen (secondary N) is 1. The van der Waals surface area contributed by atoms with Crippen molar-refractivity contribution in [1.82, 2.24) is 9.97 Å². The average Bonchev–Trinajstić information content (AvgIpc) is 3.30. The maximum Gasteiger partial charge on any atom is 0.413 e. The molecule has 1 saturated heterocycles. The number of aromatic amines is 1. The van der Waals surface area contributed by atoms with Crippen LogP contribution in [0.15, 0.2) is 35.7 Å². The van der Waals surface area contributed by atoms with Gasteiger partial charge >= 0.3 is 6.09 Å². The van der Waals surface area contributed by atoms with Crippen molar-refractivity contribution in [2.75, 3.05) is 18.6 Å². The lowest BCUT2D eigenvalue weighted by molar-refractivity contribution is -0.272. The molecule has 26 heavy (non-hydrogen) atoms. The van der Waals surface area contributed by atoms with Gasteiger partial charge in [-0.2, -0.15) is 0 Å². The number of ether oxygens (including phenoxy) is 2. The number of hydrogen-bond donors (Lipinski definition) is 2. The van der Waals surface area contributed by atoms with E-state index in [9.17, 15) is 4.79 Å². The summed E-state index contributed by atoms with van der Waals surface area (Å²) in [5.41, 5.74) is 2.26. The SMILES string of the molecule is CC1CCOC(c2ccc3nc(N(C)C(=O)O)[nH]c3c2)(c2cccs2)O1. The highest BCUT2D eigenvalue weighted by Gasteiger charge is 2.42. The van der Waals surface area contributed by atoms with E-state index in [4.69, 9.17) is 14.6 Å². The first-order chi connectivity index (χ1) is 12.5. The van der Waals surface area contributed by atoms with Gasteiger partial charge in [0, 0.05) is 12.6 Å². The van der Waals surface area contributed by atoms with Gasteiger partial charge in [0.15, 0.2) is 0 Å². The number of fused-ring (bicyclic) bond motifs is 1. The van der Waals surface area contributed by atoms with Gasteiger partial charge in [-0.15, -0.1) is 11.3 Å². The summed E-state index contributed by atoms with van der Waals surface area (Å²) in [4.78, 5) is 20.6. The topological polar surface area (TPSA) is 87.7 Å². The Balaban J connectivity index is 1.81. The van der Waals surface area contributed by atoms with Gasteiger partial charge in [0.2, 0.25) is 11.7 Å². The van der Waals surface area contributed by atoms with Crippen LogP contribution in [0.5, 0.6) is 0 Å². The molecule has 4 rings (SSSR count). The number of aromatic nitrogens is 2. The number of hydrogen-bond acceptors (Lipinski definition) is 5. The summed E-state index contributed by atoms with van der Waals surface area (Å²) < 4.78 is 12.5. The van der Waals surface area contributed by atoms with E-state index in [0.717, 1.165) is 27.3 Å². The molecule has 136 valence electrons. The van der Waals surface area contributed by atoms with E-state index in [0.29, 0.717) is 12.1 Å². The Morgan fingerprint density at radius 2 is 2.31 bits per heavy atom. The lowest BCUT2D eigenvalue weighted by Gasteiger charge is -2.39. The zero-order valence-electron chi connectivity index (χ0n) is 14.4. The van der Waals surface area contributed by atoms with Gasteiger partial charge in [-0.3, -0.25) is 4.90 Å². The van der Waals surface area contributed by atoms with Gasteiger partial charge in [-0.1, -0.05) is 12.1 Å². The molecule has 2 atom stereocenters. The molecule has 1 aromatic carbocycles. The molecule has 0 spiro atoms. The molecule has 3 aromatic rings. The Hall–Kier alpha value is -2.42. The van der Waals surface area contributed by atoms with Crippen molar-refractivity contribution in [3.8, 4) is 0 Å². The standard InChI is InChI=1S/C18H19N3O4S/c1-11-7-8-24-18(25-11,15-4-3-9-26-15)12-5-6-13-14(10-12)20-16(19-13)21(2)17(22)23/h3-6,9-11H,7-8H2,1-2H3,(H,19,20)(H,22,23). The summed E-state index contributed by atoms with van der Waals surface area (Å²) in [7, 11) is 1.45. The van der Waals surface area contributed by atoms with Crippen molar-refractivity contribution in [3.05, 3.63) is 46.2 Å². The van der Waals surface area contributed by atoms with Crippen molar-refractivity contribution in [3.63, 3.8) is 0 Å². The predicted molar refractivity (Wildman–Crippen MR) is 98.7 cm³/mol. The third-order valence-electron chi connectivity index (χ3n) is 4.50. The van der Waals surface area contributed by atoms with Crippen LogP contribution in [-0.2, 0) is 15.3 Å². The Labute approximate surface area is 154 Å². The number of carbonyl (C=O) groups is 1. The second-order valence-corrected chi connectivity index (χ2v) is 7.24. The van der Waals surface area contributed by atoms with Crippen molar-refractivity contribution in [2.24, 2.45) is 0 Å². The molecule has 2 aromatic heterocycles. The maximum atomic E-state index is 11.2. The zero-order valence-corrected chi connectivity index (χ0v) is 15.2.